The molecule has 0 bridgehead atoms. The van der Waals surface area contributed by atoms with Crippen LogP contribution >= 0.6 is 11.6 Å². The van der Waals surface area contributed by atoms with E-state index < -0.39 is 0 Å². The van der Waals surface area contributed by atoms with Crippen molar-refractivity contribution in [3.05, 3.63) is 35.4 Å². The third-order valence-corrected chi connectivity index (χ3v) is 3.62. The molecule has 0 aliphatic heterocycles. The van der Waals surface area contributed by atoms with Crippen LogP contribution in [0.15, 0.2) is 24.8 Å². The summed E-state index contributed by atoms with van der Waals surface area (Å²) < 4.78 is 3.76. The fourth-order valence-electron chi connectivity index (χ4n) is 2.31. The van der Waals surface area contributed by atoms with Crippen LogP contribution in [0.4, 0.5) is 0 Å². The number of nitrogens with zero attached hydrogens (tertiary/aromatic N) is 5. The van der Waals surface area contributed by atoms with E-state index in [1.807, 2.05) is 28.8 Å². The van der Waals surface area contributed by atoms with Gasteiger partial charge in [-0.1, -0.05) is 11.6 Å². The van der Waals surface area contributed by atoms with Gasteiger partial charge in [-0.3, -0.25) is 14.3 Å². The van der Waals surface area contributed by atoms with Gasteiger partial charge in [0.25, 0.3) is 0 Å². The van der Waals surface area contributed by atoms with E-state index in [1.54, 1.807) is 6.20 Å². The first-order valence-corrected chi connectivity index (χ1v) is 6.98. The summed E-state index contributed by atoms with van der Waals surface area (Å²) in [7, 11) is 1.96. The van der Waals surface area contributed by atoms with Crippen LogP contribution in [-0.4, -0.2) is 37.0 Å². The van der Waals surface area contributed by atoms with Crippen LogP contribution in [-0.2, 0) is 20.1 Å². The van der Waals surface area contributed by atoms with Gasteiger partial charge in [0.15, 0.2) is 0 Å². The first-order chi connectivity index (χ1) is 9.20. The second-order valence-electron chi connectivity index (χ2n) is 5.15. The van der Waals surface area contributed by atoms with Crippen LogP contribution in [0, 0.1) is 0 Å². The monoisotopic (exact) mass is 279 g/mol. The Morgan fingerprint density at radius 3 is 2.74 bits per heavy atom. The molecule has 0 aromatic carbocycles. The van der Waals surface area contributed by atoms with E-state index in [0.717, 1.165) is 25.7 Å². The number of aromatic nitrogens is 4. The first kappa shape index (κ1) is 12.7. The molecule has 0 unspecified atom stereocenters. The van der Waals surface area contributed by atoms with Gasteiger partial charge in [-0.2, -0.15) is 10.2 Å². The van der Waals surface area contributed by atoms with Crippen molar-refractivity contribution in [1.29, 1.82) is 0 Å². The van der Waals surface area contributed by atoms with Gasteiger partial charge in [0.2, 0.25) is 0 Å². The van der Waals surface area contributed by atoms with E-state index in [4.69, 9.17) is 11.6 Å². The highest BCUT2D eigenvalue weighted by Gasteiger charge is 2.28. The molecule has 0 atom stereocenters. The van der Waals surface area contributed by atoms with E-state index in [-0.39, 0.29) is 0 Å². The first-order valence-electron chi connectivity index (χ1n) is 6.60. The molecule has 0 radical (unpaired) electrons. The van der Waals surface area contributed by atoms with Gasteiger partial charge in [0, 0.05) is 44.1 Å². The van der Waals surface area contributed by atoms with E-state index >= 15 is 0 Å². The van der Waals surface area contributed by atoms with Crippen LogP contribution in [0.5, 0.6) is 0 Å². The topological polar surface area (TPSA) is 38.9 Å². The molecule has 1 saturated carbocycles. The molecule has 1 aliphatic carbocycles. The minimum absolute atomic E-state index is 0.699. The van der Waals surface area contributed by atoms with Gasteiger partial charge in [-0.05, 0) is 12.8 Å². The lowest BCUT2D eigenvalue weighted by Crippen LogP contribution is -2.29. The van der Waals surface area contributed by atoms with Gasteiger partial charge < -0.3 is 0 Å². The van der Waals surface area contributed by atoms with Crippen molar-refractivity contribution in [2.45, 2.75) is 32.0 Å². The smallest absolute Gasteiger partial charge is 0.0785 e. The molecule has 0 spiro atoms. The van der Waals surface area contributed by atoms with Crippen molar-refractivity contribution in [3.63, 3.8) is 0 Å². The summed E-state index contributed by atoms with van der Waals surface area (Å²) in [4.78, 5) is 2.51. The van der Waals surface area contributed by atoms with Crippen LogP contribution < -0.4 is 0 Å². The molecule has 102 valence electrons. The van der Waals surface area contributed by atoms with Gasteiger partial charge >= 0.3 is 0 Å². The average Bonchev–Trinajstić information content (AvgIpc) is 3.03. The summed E-state index contributed by atoms with van der Waals surface area (Å²) in [6, 6.07) is 0.728. The van der Waals surface area contributed by atoms with Gasteiger partial charge in [0.05, 0.1) is 24.0 Å². The number of hydrogen-bond donors (Lipinski definition) is 0. The van der Waals surface area contributed by atoms with E-state index in [2.05, 4.69) is 21.3 Å². The standard InChI is InChI=1S/C13H18ClN5/c1-17-8-11(6-15-17)9-18(13-2-3-13)4-5-19-10-12(14)7-16-19/h6-8,10,13H,2-5,9H2,1H3. The maximum Gasteiger partial charge on any atom is 0.0785 e. The van der Waals surface area contributed by atoms with E-state index in [1.165, 1.54) is 18.4 Å². The summed E-state index contributed by atoms with van der Waals surface area (Å²) in [5.74, 6) is 0. The van der Waals surface area contributed by atoms with E-state index in [0.29, 0.717) is 5.02 Å². The summed E-state index contributed by atoms with van der Waals surface area (Å²) in [6.45, 7) is 2.84. The zero-order chi connectivity index (χ0) is 13.2. The van der Waals surface area contributed by atoms with Crippen LogP contribution in [0.25, 0.3) is 0 Å². The molecule has 0 saturated heterocycles. The van der Waals surface area contributed by atoms with Crippen molar-refractivity contribution >= 4 is 11.6 Å². The Hall–Kier alpha value is -1.33. The third-order valence-electron chi connectivity index (χ3n) is 3.43. The zero-order valence-electron chi connectivity index (χ0n) is 11.0. The fourth-order valence-corrected chi connectivity index (χ4v) is 2.47. The Bertz CT molecular complexity index is 543. The highest BCUT2D eigenvalue weighted by molar-refractivity contribution is 6.30. The minimum atomic E-state index is 0.699. The maximum absolute atomic E-state index is 5.88. The average molecular weight is 280 g/mol. The normalized spacial score (nSPS) is 15.3. The van der Waals surface area contributed by atoms with Crippen molar-refractivity contribution in [2.75, 3.05) is 6.54 Å². The SMILES string of the molecule is Cn1cc(CN(CCn2cc(Cl)cn2)C2CC2)cn1. The highest BCUT2D eigenvalue weighted by Crippen LogP contribution is 2.28. The summed E-state index contributed by atoms with van der Waals surface area (Å²) in [5.41, 5.74) is 1.27. The molecule has 0 N–H and O–H groups in total. The summed E-state index contributed by atoms with van der Waals surface area (Å²) in [5, 5.41) is 9.15. The van der Waals surface area contributed by atoms with Crippen LogP contribution in [0.2, 0.25) is 5.02 Å². The van der Waals surface area contributed by atoms with Gasteiger partial charge in [-0.25, -0.2) is 0 Å². The highest BCUT2D eigenvalue weighted by atomic mass is 35.5. The molecule has 2 aromatic rings. The Labute approximate surface area is 117 Å². The lowest BCUT2D eigenvalue weighted by molar-refractivity contribution is 0.240. The molecular formula is C13H18ClN5. The van der Waals surface area contributed by atoms with Crippen molar-refractivity contribution in [2.24, 2.45) is 7.05 Å². The lowest BCUT2D eigenvalue weighted by Gasteiger charge is -2.21. The fraction of sp³-hybridized carbons (Fsp3) is 0.538. The maximum atomic E-state index is 5.88. The number of aryl methyl sites for hydroxylation is 1. The largest absolute Gasteiger partial charge is 0.294 e. The Morgan fingerprint density at radius 2 is 2.16 bits per heavy atom. The van der Waals surface area contributed by atoms with Crippen molar-refractivity contribution < 1.29 is 0 Å². The van der Waals surface area contributed by atoms with Crippen molar-refractivity contribution in [1.82, 2.24) is 24.5 Å². The quantitative estimate of drug-likeness (QED) is 0.811. The molecule has 1 aliphatic rings. The molecule has 5 nitrogen and oxygen atoms in total. The third kappa shape index (κ3) is 3.36. The Morgan fingerprint density at radius 1 is 1.32 bits per heavy atom. The Balaban J connectivity index is 1.58. The minimum Gasteiger partial charge on any atom is -0.294 e. The zero-order valence-corrected chi connectivity index (χ0v) is 11.8. The molecule has 0 amide bonds. The van der Waals surface area contributed by atoms with Crippen LogP contribution in [0.3, 0.4) is 0 Å². The van der Waals surface area contributed by atoms with E-state index in [9.17, 15) is 0 Å². The predicted octanol–water partition coefficient (Wildman–Crippen LogP) is 1.93. The molecule has 2 aromatic heterocycles. The number of hydrogen-bond acceptors (Lipinski definition) is 3. The molecule has 19 heavy (non-hydrogen) atoms. The lowest BCUT2D eigenvalue weighted by atomic mass is 10.3. The second kappa shape index (κ2) is 5.35. The molecule has 2 heterocycles. The predicted molar refractivity (Wildman–Crippen MR) is 73.9 cm³/mol. The number of rotatable bonds is 6. The Kier molecular flexibility index (Phi) is 3.57. The number of halogens is 1. The van der Waals surface area contributed by atoms with Gasteiger partial charge in [-0.15, -0.1) is 0 Å². The molecule has 6 heteroatoms. The molecule has 1 fully saturated rings. The molecular weight excluding hydrogens is 262 g/mol. The van der Waals surface area contributed by atoms with Gasteiger partial charge in [0.1, 0.15) is 0 Å². The van der Waals surface area contributed by atoms with Crippen molar-refractivity contribution in [3.8, 4) is 0 Å². The molecule has 3 rings (SSSR count). The summed E-state index contributed by atoms with van der Waals surface area (Å²) >= 11 is 5.88. The van der Waals surface area contributed by atoms with Crippen LogP contribution in [0.1, 0.15) is 18.4 Å². The second-order valence-corrected chi connectivity index (χ2v) is 5.58. The summed E-state index contributed by atoms with van der Waals surface area (Å²) in [6.07, 6.45) is 10.2.